The molecule has 0 aromatic rings. The maximum absolute atomic E-state index is 10.8. The molecule has 33 heavy (non-hydrogen) atoms. The molecule has 0 radical (unpaired) electrons. The van der Waals surface area contributed by atoms with Gasteiger partial charge in [0.05, 0.1) is 17.8 Å². The van der Waals surface area contributed by atoms with Crippen molar-refractivity contribution in [2.24, 2.45) is 23.2 Å². The fraction of sp³-hybridized carbons (Fsp3) is 0.724. The van der Waals surface area contributed by atoms with Crippen LogP contribution >= 0.6 is 0 Å². The summed E-state index contributed by atoms with van der Waals surface area (Å²) >= 11 is 0. The molecular formula is C29H44O4. The Hall–Kier alpha value is -1.38. The van der Waals surface area contributed by atoms with E-state index in [1.54, 1.807) is 13.8 Å². The highest BCUT2D eigenvalue weighted by atomic mass is 16.3. The summed E-state index contributed by atoms with van der Waals surface area (Å²) in [7, 11) is 0. The van der Waals surface area contributed by atoms with Crippen LogP contribution < -0.4 is 0 Å². The van der Waals surface area contributed by atoms with Gasteiger partial charge in [0.2, 0.25) is 0 Å². The van der Waals surface area contributed by atoms with Gasteiger partial charge in [-0.15, -0.1) is 5.92 Å². The highest BCUT2D eigenvalue weighted by Gasteiger charge is 2.51. The molecule has 0 aliphatic heterocycles. The van der Waals surface area contributed by atoms with Gasteiger partial charge in [-0.05, 0) is 93.1 Å². The van der Waals surface area contributed by atoms with Crippen LogP contribution in [-0.2, 0) is 0 Å². The van der Waals surface area contributed by atoms with Crippen molar-refractivity contribution in [1.82, 2.24) is 0 Å². The van der Waals surface area contributed by atoms with E-state index in [0.29, 0.717) is 37.5 Å². The second-order valence-electron chi connectivity index (χ2n) is 11.6. The maximum Gasteiger partial charge on any atom is 0.117 e. The molecule has 184 valence electrons. The summed E-state index contributed by atoms with van der Waals surface area (Å²) in [5, 5.41) is 40.9. The van der Waals surface area contributed by atoms with Crippen LogP contribution in [0.4, 0.5) is 0 Å². The van der Waals surface area contributed by atoms with Crippen LogP contribution in [0, 0.1) is 35.0 Å². The van der Waals surface area contributed by atoms with E-state index < -0.39 is 23.9 Å². The van der Waals surface area contributed by atoms with Crippen molar-refractivity contribution in [3.8, 4) is 11.8 Å². The number of aliphatic hydroxyl groups is 4. The molecule has 0 bridgehead atoms. The van der Waals surface area contributed by atoms with Crippen molar-refractivity contribution in [3.05, 3.63) is 35.5 Å². The van der Waals surface area contributed by atoms with Gasteiger partial charge in [-0.25, -0.2) is 0 Å². The Morgan fingerprint density at radius 1 is 1.24 bits per heavy atom. The molecule has 0 spiro atoms. The van der Waals surface area contributed by atoms with E-state index in [-0.39, 0.29) is 11.3 Å². The largest absolute Gasteiger partial charge is 0.393 e. The summed E-state index contributed by atoms with van der Waals surface area (Å²) in [4.78, 5) is 0. The maximum atomic E-state index is 10.8. The molecule has 4 heteroatoms. The Morgan fingerprint density at radius 2 is 1.97 bits per heavy atom. The molecule has 3 rings (SSSR count). The second-order valence-corrected chi connectivity index (χ2v) is 11.6. The molecular weight excluding hydrogens is 412 g/mol. The zero-order valence-electron chi connectivity index (χ0n) is 21.0. The molecule has 3 aliphatic carbocycles. The molecule has 4 N–H and O–H groups in total. The van der Waals surface area contributed by atoms with E-state index in [9.17, 15) is 20.4 Å². The molecule has 4 nitrogen and oxygen atoms in total. The Morgan fingerprint density at radius 3 is 2.67 bits per heavy atom. The Bertz CT molecular complexity index is 836. The van der Waals surface area contributed by atoms with E-state index >= 15 is 0 Å². The molecule has 0 aromatic carbocycles. The predicted molar refractivity (Wildman–Crippen MR) is 133 cm³/mol. The van der Waals surface area contributed by atoms with Crippen LogP contribution in [-0.4, -0.2) is 44.3 Å². The van der Waals surface area contributed by atoms with Crippen molar-refractivity contribution in [2.45, 2.75) is 109 Å². The van der Waals surface area contributed by atoms with Gasteiger partial charge in [-0.2, -0.15) is 0 Å². The molecule has 0 amide bonds. The minimum Gasteiger partial charge on any atom is -0.393 e. The van der Waals surface area contributed by atoms with E-state index in [1.807, 2.05) is 0 Å². The lowest BCUT2D eigenvalue weighted by molar-refractivity contribution is 0.0455. The first-order valence-corrected chi connectivity index (χ1v) is 12.8. The molecule has 3 fully saturated rings. The van der Waals surface area contributed by atoms with Gasteiger partial charge < -0.3 is 20.4 Å². The lowest BCUT2D eigenvalue weighted by Crippen LogP contribution is -2.39. The van der Waals surface area contributed by atoms with Gasteiger partial charge in [-0.3, -0.25) is 0 Å². The number of hydrogen-bond donors (Lipinski definition) is 4. The number of fused-ring (bicyclic) bond motifs is 1. The van der Waals surface area contributed by atoms with Crippen molar-refractivity contribution < 1.29 is 20.4 Å². The van der Waals surface area contributed by atoms with Crippen LogP contribution in [0.5, 0.6) is 0 Å². The number of allylic oxidation sites excluding steroid dienone is 3. The Kier molecular flexibility index (Phi) is 8.33. The van der Waals surface area contributed by atoms with Gasteiger partial charge >= 0.3 is 0 Å². The molecule has 7 atom stereocenters. The molecule has 3 saturated carbocycles. The predicted octanol–water partition coefficient (Wildman–Crippen LogP) is 4.68. The smallest absolute Gasteiger partial charge is 0.117 e. The zero-order valence-corrected chi connectivity index (χ0v) is 21.0. The average Bonchev–Trinajstić information content (AvgIpc) is 3.08. The summed E-state index contributed by atoms with van der Waals surface area (Å²) in [6, 6.07) is 0. The quantitative estimate of drug-likeness (QED) is 0.453. The average molecular weight is 457 g/mol. The summed E-state index contributed by atoms with van der Waals surface area (Å²) in [5.41, 5.74) is 2.58. The standard InChI is InChI=1S/C29H44O4/c1-19-22(17-23(30)18-27(19)32)12-11-21-9-8-16-29(5)24(13-14-25(21)29)20(2)26(31)10-6-7-15-28(3,4)33/h11-12,20,23-27,30-33H,1,7-9,13-18H2,2-5H3/b21-11+,22-12-/t20-,23-,24-,25+,26-,27+,29-/m1/s1. The molecule has 3 aliphatic rings. The second kappa shape index (κ2) is 10.5. The van der Waals surface area contributed by atoms with Gasteiger partial charge in [0, 0.05) is 12.8 Å². The third-order valence-corrected chi connectivity index (χ3v) is 8.55. The van der Waals surface area contributed by atoms with Crippen molar-refractivity contribution in [1.29, 1.82) is 0 Å². The molecule has 0 aromatic heterocycles. The summed E-state index contributed by atoms with van der Waals surface area (Å²) < 4.78 is 0. The Balaban J connectivity index is 1.71. The van der Waals surface area contributed by atoms with Crippen LogP contribution in [0.1, 0.15) is 85.5 Å². The highest BCUT2D eigenvalue weighted by Crippen LogP contribution is 2.59. The monoisotopic (exact) mass is 456 g/mol. The molecule has 0 unspecified atom stereocenters. The van der Waals surface area contributed by atoms with Gasteiger partial charge in [-0.1, -0.05) is 44.1 Å². The fourth-order valence-electron chi connectivity index (χ4n) is 6.50. The Labute approximate surface area is 200 Å². The van der Waals surface area contributed by atoms with E-state index in [4.69, 9.17) is 0 Å². The van der Waals surface area contributed by atoms with E-state index in [0.717, 1.165) is 36.8 Å². The summed E-state index contributed by atoms with van der Waals surface area (Å²) in [6.07, 6.45) is 10.3. The minimum absolute atomic E-state index is 0.107. The number of rotatable bonds is 5. The minimum atomic E-state index is -0.725. The third-order valence-electron chi connectivity index (χ3n) is 8.55. The summed E-state index contributed by atoms with van der Waals surface area (Å²) in [5.74, 6) is 7.16. The lowest BCUT2D eigenvalue weighted by atomic mass is 9.60. The van der Waals surface area contributed by atoms with Crippen LogP contribution in [0.3, 0.4) is 0 Å². The first kappa shape index (κ1) is 26.2. The first-order chi connectivity index (χ1) is 15.4. The van der Waals surface area contributed by atoms with Crippen LogP contribution in [0.25, 0.3) is 0 Å². The lowest BCUT2D eigenvalue weighted by Gasteiger charge is -2.44. The molecule has 0 saturated heterocycles. The van der Waals surface area contributed by atoms with Crippen molar-refractivity contribution in [2.75, 3.05) is 0 Å². The first-order valence-electron chi connectivity index (χ1n) is 12.8. The SMILES string of the molecule is C=C1/C(=C\C=C2/CCC[C@]3(C)[C@@H]([C@@H](C)[C@H](O)C#CCCC(C)(C)O)CC[C@@H]23)C[C@@H](O)C[C@@H]1O. The van der Waals surface area contributed by atoms with Crippen molar-refractivity contribution in [3.63, 3.8) is 0 Å². The van der Waals surface area contributed by atoms with E-state index in [1.165, 1.54) is 12.0 Å². The number of aliphatic hydroxyl groups excluding tert-OH is 3. The van der Waals surface area contributed by atoms with Gasteiger partial charge in [0.15, 0.2) is 0 Å². The number of hydrogen-bond acceptors (Lipinski definition) is 4. The highest BCUT2D eigenvalue weighted by molar-refractivity contribution is 5.38. The van der Waals surface area contributed by atoms with Gasteiger partial charge in [0.1, 0.15) is 6.10 Å². The normalized spacial score (nSPS) is 36.9. The topological polar surface area (TPSA) is 80.9 Å². The van der Waals surface area contributed by atoms with Crippen molar-refractivity contribution >= 4 is 0 Å². The molecule has 0 heterocycles. The zero-order chi connectivity index (χ0) is 24.4. The van der Waals surface area contributed by atoms with Crippen LogP contribution in [0.15, 0.2) is 35.5 Å². The fourth-order valence-corrected chi connectivity index (χ4v) is 6.50. The van der Waals surface area contributed by atoms with E-state index in [2.05, 4.69) is 44.4 Å². The van der Waals surface area contributed by atoms with Crippen LogP contribution in [0.2, 0.25) is 0 Å². The third kappa shape index (κ3) is 6.20. The van der Waals surface area contributed by atoms with Gasteiger partial charge in [0.25, 0.3) is 0 Å². The summed E-state index contributed by atoms with van der Waals surface area (Å²) in [6.45, 7) is 12.1.